The SMILES string of the molecule is CCOC(=O)CCCCCOc1ccc(F)cc1C. The van der Waals surface area contributed by atoms with E-state index in [1.54, 1.807) is 13.0 Å². The maximum atomic E-state index is 12.9. The van der Waals surface area contributed by atoms with Gasteiger partial charge in [0.1, 0.15) is 11.6 Å². The lowest BCUT2D eigenvalue weighted by atomic mass is 10.2. The highest BCUT2D eigenvalue weighted by molar-refractivity contribution is 5.69. The van der Waals surface area contributed by atoms with Gasteiger partial charge in [0.25, 0.3) is 0 Å². The van der Waals surface area contributed by atoms with Gasteiger partial charge in [-0.15, -0.1) is 0 Å². The highest BCUT2D eigenvalue weighted by atomic mass is 19.1. The largest absolute Gasteiger partial charge is 0.493 e. The van der Waals surface area contributed by atoms with Crippen molar-refractivity contribution in [1.82, 2.24) is 0 Å². The summed E-state index contributed by atoms with van der Waals surface area (Å²) in [4.78, 5) is 11.1. The van der Waals surface area contributed by atoms with Crippen LogP contribution in [0.3, 0.4) is 0 Å². The molecule has 0 saturated heterocycles. The molecule has 1 aromatic carbocycles. The second-order valence-electron chi connectivity index (χ2n) is 4.37. The smallest absolute Gasteiger partial charge is 0.305 e. The number of carbonyl (C=O) groups excluding carboxylic acids is 1. The molecule has 0 aliphatic heterocycles. The van der Waals surface area contributed by atoms with Crippen LogP contribution in [0.25, 0.3) is 0 Å². The van der Waals surface area contributed by atoms with Crippen LogP contribution in [0.15, 0.2) is 18.2 Å². The van der Waals surface area contributed by atoms with Crippen molar-refractivity contribution in [2.24, 2.45) is 0 Å². The summed E-state index contributed by atoms with van der Waals surface area (Å²) in [6.07, 6.45) is 3.06. The zero-order valence-electron chi connectivity index (χ0n) is 11.6. The van der Waals surface area contributed by atoms with Crippen LogP contribution in [0, 0.1) is 12.7 Å². The predicted molar refractivity (Wildman–Crippen MR) is 71.7 cm³/mol. The van der Waals surface area contributed by atoms with E-state index in [-0.39, 0.29) is 11.8 Å². The minimum Gasteiger partial charge on any atom is -0.493 e. The van der Waals surface area contributed by atoms with E-state index in [1.807, 2.05) is 6.92 Å². The van der Waals surface area contributed by atoms with Crippen molar-refractivity contribution < 1.29 is 18.7 Å². The number of ether oxygens (including phenoxy) is 2. The van der Waals surface area contributed by atoms with Gasteiger partial charge in [-0.05, 0) is 56.9 Å². The minimum atomic E-state index is -0.251. The molecule has 0 radical (unpaired) electrons. The average molecular weight is 268 g/mol. The number of hydrogen-bond donors (Lipinski definition) is 0. The van der Waals surface area contributed by atoms with Gasteiger partial charge in [0.05, 0.1) is 13.2 Å². The Hall–Kier alpha value is -1.58. The molecule has 1 aromatic rings. The summed E-state index contributed by atoms with van der Waals surface area (Å²) in [7, 11) is 0. The number of unbranched alkanes of at least 4 members (excludes halogenated alkanes) is 2. The lowest BCUT2D eigenvalue weighted by Crippen LogP contribution is -2.04. The molecule has 0 amide bonds. The number of hydrogen-bond acceptors (Lipinski definition) is 3. The van der Waals surface area contributed by atoms with E-state index < -0.39 is 0 Å². The summed E-state index contributed by atoms with van der Waals surface area (Å²) in [6, 6.07) is 4.49. The normalized spacial score (nSPS) is 10.3. The molecule has 0 aliphatic carbocycles. The molecule has 106 valence electrons. The second-order valence-corrected chi connectivity index (χ2v) is 4.37. The first-order valence-electron chi connectivity index (χ1n) is 6.68. The zero-order chi connectivity index (χ0) is 14.1. The molecule has 0 aromatic heterocycles. The first-order valence-corrected chi connectivity index (χ1v) is 6.68. The van der Waals surface area contributed by atoms with Crippen LogP contribution in [-0.2, 0) is 9.53 Å². The highest BCUT2D eigenvalue weighted by Gasteiger charge is 2.02. The Labute approximate surface area is 113 Å². The second kappa shape index (κ2) is 8.51. The minimum absolute atomic E-state index is 0.141. The monoisotopic (exact) mass is 268 g/mol. The molecule has 0 saturated carbocycles. The topological polar surface area (TPSA) is 35.5 Å². The molecule has 0 unspecified atom stereocenters. The Morgan fingerprint density at radius 2 is 2.05 bits per heavy atom. The summed E-state index contributed by atoms with van der Waals surface area (Å²) in [5.74, 6) is 0.323. The molecule has 19 heavy (non-hydrogen) atoms. The van der Waals surface area contributed by atoms with Crippen molar-refractivity contribution in [3.8, 4) is 5.75 Å². The number of esters is 1. The molecule has 0 aliphatic rings. The van der Waals surface area contributed by atoms with Gasteiger partial charge in [-0.2, -0.15) is 0 Å². The molecule has 0 heterocycles. The summed E-state index contributed by atoms with van der Waals surface area (Å²) >= 11 is 0. The fourth-order valence-corrected chi connectivity index (χ4v) is 1.74. The molecule has 4 heteroatoms. The van der Waals surface area contributed by atoms with Crippen molar-refractivity contribution >= 4 is 5.97 Å². The first-order chi connectivity index (χ1) is 9.13. The van der Waals surface area contributed by atoms with E-state index in [2.05, 4.69) is 0 Å². The van der Waals surface area contributed by atoms with Crippen LogP contribution in [-0.4, -0.2) is 19.2 Å². The van der Waals surface area contributed by atoms with Crippen molar-refractivity contribution in [1.29, 1.82) is 0 Å². The summed E-state index contributed by atoms with van der Waals surface area (Å²) in [5.41, 5.74) is 0.798. The Kier molecular flexibility index (Phi) is 6.93. The third-order valence-electron chi connectivity index (χ3n) is 2.73. The molecule has 1 rings (SSSR count). The lowest BCUT2D eigenvalue weighted by Gasteiger charge is -2.08. The molecule has 0 atom stereocenters. The van der Waals surface area contributed by atoms with Crippen LogP contribution >= 0.6 is 0 Å². The average Bonchev–Trinajstić information content (AvgIpc) is 2.36. The Morgan fingerprint density at radius 3 is 2.74 bits per heavy atom. The maximum Gasteiger partial charge on any atom is 0.305 e. The Morgan fingerprint density at radius 1 is 1.26 bits per heavy atom. The maximum absolute atomic E-state index is 12.9. The number of aryl methyl sites for hydroxylation is 1. The van der Waals surface area contributed by atoms with Gasteiger partial charge in [0.15, 0.2) is 0 Å². The third kappa shape index (κ3) is 6.22. The van der Waals surface area contributed by atoms with Crippen LogP contribution in [0.2, 0.25) is 0 Å². The molecular weight excluding hydrogens is 247 g/mol. The summed E-state index contributed by atoms with van der Waals surface area (Å²) in [5, 5.41) is 0. The van der Waals surface area contributed by atoms with Crippen molar-refractivity contribution in [3.05, 3.63) is 29.6 Å². The molecular formula is C15H21FO3. The number of carbonyl (C=O) groups is 1. The van der Waals surface area contributed by atoms with E-state index in [9.17, 15) is 9.18 Å². The van der Waals surface area contributed by atoms with Crippen molar-refractivity contribution in [2.45, 2.75) is 39.5 Å². The molecule has 0 spiro atoms. The fraction of sp³-hybridized carbons (Fsp3) is 0.533. The van der Waals surface area contributed by atoms with Gasteiger partial charge in [-0.3, -0.25) is 4.79 Å². The number of rotatable bonds is 8. The lowest BCUT2D eigenvalue weighted by molar-refractivity contribution is -0.143. The van der Waals surface area contributed by atoms with E-state index in [0.29, 0.717) is 25.4 Å². The Balaban J connectivity index is 2.12. The third-order valence-corrected chi connectivity index (χ3v) is 2.73. The van der Waals surface area contributed by atoms with Gasteiger partial charge >= 0.3 is 5.97 Å². The van der Waals surface area contributed by atoms with Gasteiger partial charge in [0.2, 0.25) is 0 Å². The molecule has 0 bridgehead atoms. The van der Waals surface area contributed by atoms with Gasteiger partial charge in [-0.25, -0.2) is 4.39 Å². The number of halogens is 1. The van der Waals surface area contributed by atoms with E-state index in [0.717, 1.165) is 24.8 Å². The van der Waals surface area contributed by atoms with E-state index in [4.69, 9.17) is 9.47 Å². The highest BCUT2D eigenvalue weighted by Crippen LogP contribution is 2.18. The van der Waals surface area contributed by atoms with Crippen molar-refractivity contribution in [3.63, 3.8) is 0 Å². The predicted octanol–water partition coefficient (Wildman–Crippen LogP) is 3.64. The summed E-state index contributed by atoms with van der Waals surface area (Å²) < 4.78 is 23.3. The number of benzene rings is 1. The zero-order valence-corrected chi connectivity index (χ0v) is 11.6. The quantitative estimate of drug-likeness (QED) is 0.533. The molecule has 3 nitrogen and oxygen atoms in total. The van der Waals surface area contributed by atoms with E-state index >= 15 is 0 Å². The van der Waals surface area contributed by atoms with Crippen molar-refractivity contribution in [2.75, 3.05) is 13.2 Å². The van der Waals surface area contributed by atoms with Gasteiger partial charge in [-0.1, -0.05) is 0 Å². The molecule has 0 N–H and O–H groups in total. The van der Waals surface area contributed by atoms with Gasteiger partial charge in [0, 0.05) is 6.42 Å². The Bertz CT molecular complexity index is 404. The van der Waals surface area contributed by atoms with E-state index in [1.165, 1.54) is 12.1 Å². The van der Waals surface area contributed by atoms with Crippen LogP contribution in [0.1, 0.15) is 38.2 Å². The summed E-state index contributed by atoms with van der Waals surface area (Å²) in [6.45, 7) is 4.64. The first kappa shape index (κ1) is 15.5. The van der Waals surface area contributed by atoms with Gasteiger partial charge < -0.3 is 9.47 Å². The van der Waals surface area contributed by atoms with Crippen LogP contribution in [0.5, 0.6) is 5.75 Å². The van der Waals surface area contributed by atoms with Crippen LogP contribution in [0.4, 0.5) is 4.39 Å². The standard InChI is InChI=1S/C15H21FO3/c1-3-18-15(17)7-5-4-6-10-19-14-9-8-13(16)11-12(14)2/h8-9,11H,3-7,10H2,1-2H3. The fourth-order valence-electron chi connectivity index (χ4n) is 1.74. The van der Waals surface area contributed by atoms with Crippen LogP contribution < -0.4 is 4.74 Å². The molecule has 0 fully saturated rings.